The predicted octanol–water partition coefficient (Wildman–Crippen LogP) is 1.99. The van der Waals surface area contributed by atoms with Gasteiger partial charge in [-0.25, -0.2) is 0 Å². The van der Waals surface area contributed by atoms with Crippen LogP contribution in [0, 0.1) is 17.3 Å². The Bertz CT molecular complexity index is 739. The van der Waals surface area contributed by atoms with E-state index in [9.17, 15) is 14.4 Å². The van der Waals surface area contributed by atoms with Crippen molar-refractivity contribution < 1.29 is 14.3 Å². The van der Waals surface area contributed by atoms with Gasteiger partial charge >= 0.3 is 5.97 Å². The number of nitrogens with one attached hydrogen (secondary N) is 1. The molecule has 1 N–H and O–H groups in total. The van der Waals surface area contributed by atoms with Crippen molar-refractivity contribution in [1.82, 2.24) is 9.88 Å². The van der Waals surface area contributed by atoms with Crippen LogP contribution in [0.5, 0.6) is 0 Å². The molecule has 25 heavy (non-hydrogen) atoms. The fourth-order valence-corrected chi connectivity index (χ4v) is 4.44. The molecule has 2 aliphatic rings. The van der Waals surface area contributed by atoms with Crippen molar-refractivity contribution in [2.45, 2.75) is 39.5 Å². The Kier molecular flexibility index (Phi) is 4.71. The molecule has 0 aromatic carbocycles. The van der Waals surface area contributed by atoms with E-state index in [0.29, 0.717) is 31.0 Å². The van der Waals surface area contributed by atoms with Crippen molar-refractivity contribution in [2.24, 2.45) is 17.3 Å². The molecule has 2 heterocycles. The monoisotopic (exact) mass is 346 g/mol. The lowest BCUT2D eigenvalue weighted by Crippen LogP contribution is -2.38. The highest BCUT2D eigenvalue weighted by Gasteiger charge is 2.56. The Hall–Kier alpha value is -2.11. The number of aromatic amines is 1. The number of nitrogens with zero attached hydrogens (tertiary/aromatic N) is 1. The number of ether oxygens (including phenoxy) is 1. The maximum absolute atomic E-state index is 12.9. The first-order chi connectivity index (χ1) is 11.9. The van der Waals surface area contributed by atoms with Gasteiger partial charge in [-0.3, -0.25) is 14.4 Å². The van der Waals surface area contributed by atoms with E-state index < -0.39 is 5.41 Å². The van der Waals surface area contributed by atoms with E-state index in [1.807, 2.05) is 0 Å². The molecule has 6 nitrogen and oxygen atoms in total. The highest BCUT2D eigenvalue weighted by atomic mass is 16.5. The molecule has 1 saturated carbocycles. The van der Waals surface area contributed by atoms with Crippen molar-refractivity contribution in [3.8, 4) is 0 Å². The molecule has 1 amide bonds. The van der Waals surface area contributed by atoms with Gasteiger partial charge in [0.1, 0.15) is 0 Å². The third-order valence-electron chi connectivity index (χ3n) is 5.53. The average Bonchev–Trinajstić information content (AvgIpc) is 3.10. The zero-order valence-electron chi connectivity index (χ0n) is 15.1. The summed E-state index contributed by atoms with van der Waals surface area (Å²) in [7, 11) is 1.41. The lowest BCUT2D eigenvalue weighted by molar-refractivity contribution is -0.153. The number of esters is 1. The molecule has 3 rings (SSSR count). The second-order valence-corrected chi connectivity index (χ2v) is 7.78. The smallest absolute Gasteiger partial charge is 0.313 e. The molecule has 0 radical (unpaired) electrons. The number of methoxy groups -OCH3 is 1. The number of likely N-dealkylation sites (tertiary alicyclic amines) is 1. The standard InChI is InChI=1S/C19H26N2O4/c1-12(2)7-15-8-13(9-16(22)20-15)17(23)21-10-14-5-4-6-19(14,11-21)18(24)25-3/h8-9,12,14H,4-7,10-11H2,1-3H3,(H,20,22)/t14-,19-/m0/s1. The van der Waals surface area contributed by atoms with E-state index in [2.05, 4.69) is 18.8 Å². The number of hydrogen-bond acceptors (Lipinski definition) is 4. The third-order valence-corrected chi connectivity index (χ3v) is 5.53. The maximum atomic E-state index is 12.9. The van der Waals surface area contributed by atoms with Gasteiger partial charge in [0.15, 0.2) is 0 Å². The predicted molar refractivity (Wildman–Crippen MR) is 93.3 cm³/mol. The van der Waals surface area contributed by atoms with Gasteiger partial charge in [0.05, 0.1) is 12.5 Å². The van der Waals surface area contributed by atoms with Crippen LogP contribution in [0.3, 0.4) is 0 Å². The van der Waals surface area contributed by atoms with Gasteiger partial charge in [0.25, 0.3) is 5.91 Å². The number of pyridine rings is 1. The van der Waals surface area contributed by atoms with Crippen LogP contribution in [0.2, 0.25) is 0 Å². The van der Waals surface area contributed by atoms with Gasteiger partial charge < -0.3 is 14.6 Å². The molecule has 0 bridgehead atoms. The lowest BCUT2D eigenvalue weighted by Gasteiger charge is -2.25. The Morgan fingerprint density at radius 1 is 1.40 bits per heavy atom. The molecule has 0 unspecified atom stereocenters. The zero-order chi connectivity index (χ0) is 18.2. The first-order valence-corrected chi connectivity index (χ1v) is 8.96. The second-order valence-electron chi connectivity index (χ2n) is 7.78. The van der Waals surface area contributed by atoms with Crippen molar-refractivity contribution in [1.29, 1.82) is 0 Å². The maximum Gasteiger partial charge on any atom is 0.313 e. The van der Waals surface area contributed by atoms with Crippen molar-refractivity contribution >= 4 is 11.9 Å². The van der Waals surface area contributed by atoms with Crippen LogP contribution < -0.4 is 5.56 Å². The summed E-state index contributed by atoms with van der Waals surface area (Å²) in [6.45, 7) is 5.07. The molecule has 0 spiro atoms. The van der Waals surface area contributed by atoms with Gasteiger partial charge in [-0.15, -0.1) is 0 Å². The van der Waals surface area contributed by atoms with E-state index in [1.54, 1.807) is 11.0 Å². The number of hydrogen-bond donors (Lipinski definition) is 1. The molecule has 1 saturated heterocycles. The minimum atomic E-state index is -0.563. The normalized spacial score (nSPS) is 25.3. The minimum absolute atomic E-state index is 0.154. The lowest BCUT2D eigenvalue weighted by atomic mass is 9.81. The highest BCUT2D eigenvalue weighted by Crippen LogP contribution is 2.49. The van der Waals surface area contributed by atoms with E-state index in [0.717, 1.165) is 25.0 Å². The minimum Gasteiger partial charge on any atom is -0.469 e. The number of aromatic nitrogens is 1. The molecule has 6 heteroatoms. The number of fused-ring (bicyclic) bond motifs is 1. The van der Waals surface area contributed by atoms with Crippen LogP contribution in [0.15, 0.2) is 16.9 Å². The molecule has 1 aliphatic heterocycles. The van der Waals surface area contributed by atoms with Gasteiger partial charge in [0, 0.05) is 30.4 Å². The number of rotatable bonds is 4. The van der Waals surface area contributed by atoms with E-state index in [1.165, 1.54) is 13.2 Å². The first-order valence-electron chi connectivity index (χ1n) is 8.96. The van der Waals surface area contributed by atoms with Gasteiger partial charge in [-0.05, 0) is 37.2 Å². The molecular formula is C19H26N2O4. The molecule has 1 aromatic heterocycles. The van der Waals surface area contributed by atoms with Crippen LogP contribution in [-0.2, 0) is 16.0 Å². The van der Waals surface area contributed by atoms with Gasteiger partial charge in [-0.1, -0.05) is 20.3 Å². The van der Waals surface area contributed by atoms with Gasteiger partial charge in [0.2, 0.25) is 5.56 Å². The first kappa shape index (κ1) is 17.7. The molecule has 2 atom stereocenters. The summed E-state index contributed by atoms with van der Waals surface area (Å²) in [6, 6.07) is 3.12. The zero-order valence-corrected chi connectivity index (χ0v) is 15.1. The molecule has 1 aromatic rings. The van der Waals surface area contributed by atoms with Crippen LogP contribution in [0.25, 0.3) is 0 Å². The van der Waals surface area contributed by atoms with Crippen LogP contribution in [0.1, 0.15) is 49.2 Å². The highest BCUT2D eigenvalue weighted by molar-refractivity contribution is 5.95. The summed E-state index contributed by atoms with van der Waals surface area (Å²) in [6.07, 6.45) is 3.41. The summed E-state index contributed by atoms with van der Waals surface area (Å²) >= 11 is 0. The molecule has 1 aliphatic carbocycles. The fourth-order valence-electron chi connectivity index (χ4n) is 4.44. The number of amides is 1. The van der Waals surface area contributed by atoms with Crippen LogP contribution >= 0.6 is 0 Å². The summed E-state index contributed by atoms with van der Waals surface area (Å²) < 4.78 is 5.02. The Balaban J connectivity index is 1.84. The van der Waals surface area contributed by atoms with E-state index in [4.69, 9.17) is 4.74 Å². The number of H-pyrrole nitrogens is 1. The Morgan fingerprint density at radius 3 is 2.84 bits per heavy atom. The summed E-state index contributed by atoms with van der Waals surface area (Å²) in [4.78, 5) is 41.7. The molecular weight excluding hydrogens is 320 g/mol. The molecule has 2 fully saturated rings. The SMILES string of the molecule is COC(=O)[C@]12CCC[C@H]1CN(C(=O)c1cc(CC(C)C)[nH]c(=O)c1)C2. The summed E-state index contributed by atoms with van der Waals surface area (Å²) in [5.41, 5.74) is 0.350. The van der Waals surface area contributed by atoms with E-state index in [-0.39, 0.29) is 23.4 Å². The van der Waals surface area contributed by atoms with Gasteiger partial charge in [-0.2, -0.15) is 0 Å². The third kappa shape index (κ3) is 3.22. The largest absolute Gasteiger partial charge is 0.469 e. The number of carbonyl (C=O) groups is 2. The summed E-state index contributed by atoms with van der Waals surface area (Å²) in [5, 5.41) is 0. The van der Waals surface area contributed by atoms with Crippen molar-refractivity contribution in [3.05, 3.63) is 33.7 Å². The fraction of sp³-hybridized carbons (Fsp3) is 0.632. The van der Waals surface area contributed by atoms with Crippen LogP contribution in [-0.4, -0.2) is 42.0 Å². The van der Waals surface area contributed by atoms with Crippen LogP contribution in [0.4, 0.5) is 0 Å². The average molecular weight is 346 g/mol. The summed E-state index contributed by atoms with van der Waals surface area (Å²) in [5.74, 6) is 0.154. The molecule has 136 valence electrons. The van der Waals surface area contributed by atoms with Crippen molar-refractivity contribution in [3.63, 3.8) is 0 Å². The topological polar surface area (TPSA) is 79.5 Å². The Morgan fingerprint density at radius 2 is 2.16 bits per heavy atom. The second kappa shape index (κ2) is 6.65. The van der Waals surface area contributed by atoms with E-state index >= 15 is 0 Å². The Labute approximate surface area is 147 Å². The van der Waals surface area contributed by atoms with Crippen molar-refractivity contribution in [2.75, 3.05) is 20.2 Å². The number of carbonyl (C=O) groups excluding carboxylic acids is 2. The quantitative estimate of drug-likeness (QED) is 0.846.